The summed E-state index contributed by atoms with van der Waals surface area (Å²) < 4.78 is 16.9. The minimum atomic E-state index is -0.218. The van der Waals surface area contributed by atoms with Crippen molar-refractivity contribution >= 4 is 5.91 Å². The SMILES string of the molecule is O=C(c1ccno1)N1CC[C@]2(C[C@H](OCC3CC3)CO2)C1. The van der Waals surface area contributed by atoms with Gasteiger partial charge in [0.1, 0.15) is 0 Å². The number of carbonyl (C=O) groups is 1. The monoisotopic (exact) mass is 292 g/mol. The third-order valence-corrected chi connectivity index (χ3v) is 4.69. The zero-order chi connectivity index (χ0) is 14.3. The Kier molecular flexibility index (Phi) is 3.23. The lowest BCUT2D eigenvalue weighted by Crippen LogP contribution is -2.36. The second kappa shape index (κ2) is 5.10. The first-order valence-electron chi connectivity index (χ1n) is 7.70. The molecule has 21 heavy (non-hydrogen) atoms. The van der Waals surface area contributed by atoms with Crippen LogP contribution >= 0.6 is 0 Å². The molecule has 6 nitrogen and oxygen atoms in total. The lowest BCUT2D eigenvalue weighted by atomic mass is 9.98. The van der Waals surface area contributed by atoms with Gasteiger partial charge >= 0.3 is 0 Å². The maximum atomic E-state index is 12.3. The highest BCUT2D eigenvalue weighted by molar-refractivity contribution is 5.91. The topological polar surface area (TPSA) is 64.8 Å². The number of rotatable bonds is 4. The van der Waals surface area contributed by atoms with Gasteiger partial charge in [-0.3, -0.25) is 4.79 Å². The quantitative estimate of drug-likeness (QED) is 0.841. The van der Waals surface area contributed by atoms with E-state index in [1.54, 1.807) is 11.0 Å². The van der Waals surface area contributed by atoms with Crippen LogP contribution in [0.1, 0.15) is 36.2 Å². The Balaban J connectivity index is 1.34. The molecule has 0 N–H and O–H groups in total. The fourth-order valence-electron chi connectivity index (χ4n) is 3.25. The fourth-order valence-corrected chi connectivity index (χ4v) is 3.25. The van der Waals surface area contributed by atoms with E-state index in [9.17, 15) is 4.79 Å². The molecule has 1 spiro atoms. The zero-order valence-electron chi connectivity index (χ0n) is 12.0. The second-order valence-electron chi connectivity index (χ2n) is 6.45. The zero-order valence-corrected chi connectivity index (χ0v) is 12.0. The second-order valence-corrected chi connectivity index (χ2v) is 6.45. The summed E-state index contributed by atoms with van der Waals surface area (Å²) in [6.45, 7) is 2.84. The minimum Gasteiger partial charge on any atom is -0.375 e. The number of hydrogen-bond donors (Lipinski definition) is 0. The standard InChI is InChI=1S/C15H20N2O4/c18-14(13-3-5-16-21-13)17-6-4-15(10-17)7-12(9-20-15)19-8-11-1-2-11/h3,5,11-12H,1-2,4,6-10H2/t12-,15-/m0/s1. The molecular weight excluding hydrogens is 272 g/mol. The molecule has 1 saturated carbocycles. The van der Waals surface area contributed by atoms with Crippen molar-refractivity contribution in [2.24, 2.45) is 5.92 Å². The molecule has 4 rings (SSSR count). The number of aromatic nitrogens is 1. The molecular formula is C15H20N2O4. The molecule has 1 aromatic heterocycles. The van der Waals surface area contributed by atoms with E-state index >= 15 is 0 Å². The van der Waals surface area contributed by atoms with Gasteiger partial charge in [-0.05, 0) is 25.2 Å². The molecule has 6 heteroatoms. The highest BCUT2D eigenvalue weighted by Gasteiger charge is 2.47. The van der Waals surface area contributed by atoms with Gasteiger partial charge in [-0.1, -0.05) is 5.16 Å². The lowest BCUT2D eigenvalue weighted by Gasteiger charge is -2.22. The molecule has 1 aliphatic carbocycles. The third-order valence-electron chi connectivity index (χ3n) is 4.69. The number of hydrogen-bond acceptors (Lipinski definition) is 5. The summed E-state index contributed by atoms with van der Waals surface area (Å²) in [4.78, 5) is 14.1. The molecule has 1 amide bonds. The maximum absolute atomic E-state index is 12.3. The van der Waals surface area contributed by atoms with Gasteiger partial charge in [0.15, 0.2) is 0 Å². The molecule has 0 radical (unpaired) electrons. The van der Waals surface area contributed by atoms with Gasteiger partial charge in [0.05, 0.1) is 31.1 Å². The van der Waals surface area contributed by atoms with Crippen LogP contribution in [-0.2, 0) is 9.47 Å². The van der Waals surface area contributed by atoms with Crippen molar-refractivity contribution < 1.29 is 18.8 Å². The van der Waals surface area contributed by atoms with Crippen LogP contribution in [0.5, 0.6) is 0 Å². The maximum Gasteiger partial charge on any atom is 0.292 e. The van der Waals surface area contributed by atoms with Gasteiger partial charge in [-0.15, -0.1) is 0 Å². The van der Waals surface area contributed by atoms with Gasteiger partial charge in [0.2, 0.25) is 5.76 Å². The van der Waals surface area contributed by atoms with Crippen molar-refractivity contribution in [3.63, 3.8) is 0 Å². The average Bonchev–Trinajstić information content (AvgIpc) is 2.96. The van der Waals surface area contributed by atoms with E-state index in [0.717, 1.165) is 25.4 Å². The van der Waals surface area contributed by atoms with Crippen LogP contribution in [0.15, 0.2) is 16.8 Å². The van der Waals surface area contributed by atoms with Gasteiger partial charge in [0.25, 0.3) is 5.91 Å². The fraction of sp³-hybridized carbons (Fsp3) is 0.733. The first-order chi connectivity index (χ1) is 10.2. The summed E-state index contributed by atoms with van der Waals surface area (Å²) in [5, 5.41) is 3.59. The summed E-state index contributed by atoms with van der Waals surface area (Å²) in [7, 11) is 0. The summed E-state index contributed by atoms with van der Waals surface area (Å²) in [6.07, 6.45) is 6.05. The molecule has 114 valence electrons. The summed E-state index contributed by atoms with van der Waals surface area (Å²) >= 11 is 0. The van der Waals surface area contributed by atoms with Gasteiger partial charge < -0.3 is 18.9 Å². The van der Waals surface area contributed by atoms with Gasteiger partial charge in [-0.2, -0.15) is 0 Å². The number of nitrogens with zero attached hydrogens (tertiary/aromatic N) is 2. The molecule has 0 aromatic carbocycles. The largest absolute Gasteiger partial charge is 0.375 e. The van der Waals surface area contributed by atoms with Gasteiger partial charge in [-0.25, -0.2) is 0 Å². The summed E-state index contributed by atoms with van der Waals surface area (Å²) in [6, 6.07) is 1.60. The molecule has 0 unspecified atom stereocenters. The van der Waals surface area contributed by atoms with Crippen LogP contribution in [0.4, 0.5) is 0 Å². The number of carbonyl (C=O) groups excluding carboxylic acids is 1. The van der Waals surface area contributed by atoms with Crippen LogP contribution < -0.4 is 0 Å². The van der Waals surface area contributed by atoms with E-state index in [0.29, 0.717) is 25.5 Å². The Labute approximate surface area is 123 Å². The normalized spacial score (nSPS) is 32.2. The van der Waals surface area contributed by atoms with E-state index in [-0.39, 0.29) is 17.6 Å². The Hall–Kier alpha value is -1.40. The van der Waals surface area contributed by atoms with Gasteiger partial charge in [0, 0.05) is 25.6 Å². The first-order valence-corrected chi connectivity index (χ1v) is 7.70. The van der Waals surface area contributed by atoms with Crippen molar-refractivity contribution in [1.29, 1.82) is 0 Å². The van der Waals surface area contributed by atoms with E-state index in [4.69, 9.17) is 14.0 Å². The van der Waals surface area contributed by atoms with E-state index in [1.807, 2.05) is 0 Å². The smallest absolute Gasteiger partial charge is 0.292 e. The lowest BCUT2D eigenvalue weighted by molar-refractivity contribution is 0.00133. The van der Waals surface area contributed by atoms with E-state index in [1.165, 1.54) is 19.0 Å². The third kappa shape index (κ3) is 2.70. The average molecular weight is 292 g/mol. The highest BCUT2D eigenvalue weighted by atomic mass is 16.6. The minimum absolute atomic E-state index is 0.102. The molecule has 2 atom stereocenters. The van der Waals surface area contributed by atoms with Crippen molar-refractivity contribution in [1.82, 2.24) is 10.1 Å². The first kappa shape index (κ1) is 13.3. The molecule has 3 fully saturated rings. The Morgan fingerprint density at radius 1 is 1.52 bits per heavy atom. The Morgan fingerprint density at radius 2 is 2.43 bits per heavy atom. The molecule has 3 heterocycles. The number of ether oxygens (including phenoxy) is 2. The molecule has 2 aliphatic heterocycles. The summed E-state index contributed by atoms with van der Waals surface area (Å²) in [5.41, 5.74) is -0.218. The number of likely N-dealkylation sites (tertiary alicyclic amines) is 1. The van der Waals surface area contributed by atoms with Crippen molar-refractivity contribution in [3.05, 3.63) is 18.0 Å². The molecule has 2 saturated heterocycles. The van der Waals surface area contributed by atoms with Crippen LogP contribution in [0.25, 0.3) is 0 Å². The Bertz CT molecular complexity index is 514. The number of amides is 1. The van der Waals surface area contributed by atoms with Crippen molar-refractivity contribution in [3.8, 4) is 0 Å². The van der Waals surface area contributed by atoms with Crippen LogP contribution in [-0.4, -0.2) is 54.0 Å². The predicted octanol–water partition coefficient (Wildman–Crippen LogP) is 1.47. The van der Waals surface area contributed by atoms with Crippen molar-refractivity contribution in [2.45, 2.75) is 37.4 Å². The molecule has 3 aliphatic rings. The molecule has 1 aromatic rings. The Morgan fingerprint density at radius 3 is 3.19 bits per heavy atom. The van der Waals surface area contributed by atoms with Crippen LogP contribution in [0.2, 0.25) is 0 Å². The van der Waals surface area contributed by atoms with E-state index in [2.05, 4.69) is 5.16 Å². The van der Waals surface area contributed by atoms with Crippen LogP contribution in [0.3, 0.4) is 0 Å². The van der Waals surface area contributed by atoms with E-state index < -0.39 is 0 Å². The van der Waals surface area contributed by atoms with Crippen LogP contribution in [0, 0.1) is 5.92 Å². The predicted molar refractivity (Wildman–Crippen MR) is 72.8 cm³/mol. The molecule has 0 bridgehead atoms. The van der Waals surface area contributed by atoms with Crippen molar-refractivity contribution in [2.75, 3.05) is 26.3 Å². The summed E-state index contributed by atoms with van der Waals surface area (Å²) in [5.74, 6) is 0.969. The highest BCUT2D eigenvalue weighted by Crippen LogP contribution is 2.38.